The van der Waals surface area contributed by atoms with Crippen molar-refractivity contribution in [2.75, 3.05) is 11.4 Å². The zero-order valence-corrected chi connectivity index (χ0v) is 20.0. The number of rotatable bonds is 6. The first-order valence-corrected chi connectivity index (χ1v) is 13.1. The lowest BCUT2D eigenvalue weighted by Gasteiger charge is -2.37. The molecule has 2 aromatic carbocycles. The number of carboxylic acid groups (broad SMARTS) is 1. The highest BCUT2D eigenvalue weighted by atomic mass is 32.1. The molecule has 31 heavy (non-hydrogen) atoms. The summed E-state index contributed by atoms with van der Waals surface area (Å²) < 4.78 is 7.04. The number of aromatic nitrogens is 1. The molecule has 1 saturated heterocycles. The number of hydrogen-bond acceptors (Lipinski definition) is 5. The fourth-order valence-electron chi connectivity index (χ4n) is 4.24. The highest BCUT2D eigenvalue weighted by Gasteiger charge is 2.44. The van der Waals surface area contributed by atoms with E-state index in [-0.39, 0.29) is 17.3 Å². The molecule has 1 aromatic heterocycles. The number of aromatic carboxylic acids is 1. The largest absolute Gasteiger partial charge is 0.476 e. The Balaban J connectivity index is 1.72. The normalized spacial score (nSPS) is 19.2. The Morgan fingerprint density at radius 2 is 1.68 bits per heavy atom. The molecule has 2 atom stereocenters. The van der Waals surface area contributed by atoms with Crippen LogP contribution in [0.1, 0.15) is 37.7 Å². The van der Waals surface area contributed by atoms with Gasteiger partial charge < -0.3 is 14.4 Å². The molecule has 0 amide bonds. The summed E-state index contributed by atoms with van der Waals surface area (Å²) in [6.07, 6.45) is 0.839. The van der Waals surface area contributed by atoms with Gasteiger partial charge in [-0.05, 0) is 22.2 Å². The molecule has 5 nitrogen and oxygen atoms in total. The van der Waals surface area contributed by atoms with Gasteiger partial charge in [-0.1, -0.05) is 81.4 Å². The number of thiazole rings is 1. The Morgan fingerprint density at radius 1 is 1.10 bits per heavy atom. The lowest BCUT2D eigenvalue weighted by atomic mass is 9.79. The molecular formula is C24H28N2O3SSi. The molecule has 4 rings (SSSR count). The standard InChI is InChI=1S/C24H28N2O3SSi/c1-24(2,3)19-14-15-26(23-25-20(16-30-23)22(27)28)21(19)29-31(17-10-6-4-7-11-17)18-12-8-5-9-13-18/h4-13,16,19,21,31H,14-15H2,1-3H3,(H,27,28)/t19-,21?/m1/s1. The quantitative estimate of drug-likeness (QED) is 0.579. The lowest BCUT2D eigenvalue weighted by Crippen LogP contribution is -2.52. The minimum atomic E-state index is -1.97. The van der Waals surface area contributed by atoms with Crippen molar-refractivity contribution in [3.05, 3.63) is 71.7 Å². The molecular weight excluding hydrogens is 424 g/mol. The maximum absolute atomic E-state index is 11.4. The van der Waals surface area contributed by atoms with E-state index in [0.717, 1.165) is 18.1 Å². The molecule has 2 heterocycles. The van der Waals surface area contributed by atoms with Gasteiger partial charge in [-0.25, -0.2) is 9.78 Å². The SMILES string of the molecule is CC(C)(C)[C@@H]1CCN(c2nc(C(=O)O)cs2)C1O[SiH](c1ccccc1)c1ccccc1. The summed E-state index contributed by atoms with van der Waals surface area (Å²) in [6, 6.07) is 20.9. The molecule has 0 saturated carbocycles. The summed E-state index contributed by atoms with van der Waals surface area (Å²) in [5, 5.41) is 14.1. The molecule has 0 bridgehead atoms. The number of carboxylic acids is 1. The van der Waals surface area contributed by atoms with Crippen molar-refractivity contribution in [3.8, 4) is 0 Å². The Bertz CT molecular complexity index is 981. The Morgan fingerprint density at radius 3 is 2.16 bits per heavy atom. The van der Waals surface area contributed by atoms with E-state index in [9.17, 15) is 9.90 Å². The zero-order valence-electron chi connectivity index (χ0n) is 18.1. The third kappa shape index (κ3) is 4.73. The topological polar surface area (TPSA) is 62.7 Å². The van der Waals surface area contributed by atoms with Gasteiger partial charge in [0.1, 0.15) is 6.23 Å². The van der Waals surface area contributed by atoms with Gasteiger partial charge >= 0.3 is 5.97 Å². The predicted molar refractivity (Wildman–Crippen MR) is 128 cm³/mol. The molecule has 0 spiro atoms. The fraction of sp³-hybridized carbons (Fsp3) is 0.333. The van der Waals surface area contributed by atoms with Crippen molar-refractivity contribution in [1.29, 1.82) is 0 Å². The highest BCUT2D eigenvalue weighted by Crippen LogP contribution is 2.42. The van der Waals surface area contributed by atoms with Gasteiger partial charge in [-0.15, -0.1) is 11.3 Å². The average Bonchev–Trinajstić information content (AvgIpc) is 3.40. The van der Waals surface area contributed by atoms with E-state index >= 15 is 0 Å². The number of anilines is 1. The van der Waals surface area contributed by atoms with Crippen molar-refractivity contribution < 1.29 is 14.3 Å². The van der Waals surface area contributed by atoms with Crippen LogP contribution < -0.4 is 15.3 Å². The molecule has 1 aliphatic rings. The van der Waals surface area contributed by atoms with Crippen molar-refractivity contribution >= 4 is 41.9 Å². The van der Waals surface area contributed by atoms with E-state index in [1.165, 1.54) is 21.7 Å². The summed E-state index contributed by atoms with van der Waals surface area (Å²) in [6.45, 7) is 7.57. The molecule has 0 aliphatic carbocycles. The molecule has 0 radical (unpaired) electrons. The molecule has 1 aliphatic heterocycles. The van der Waals surface area contributed by atoms with Crippen molar-refractivity contribution in [1.82, 2.24) is 4.98 Å². The van der Waals surface area contributed by atoms with Crippen LogP contribution in [0.4, 0.5) is 5.13 Å². The fourth-order valence-corrected chi connectivity index (χ4v) is 7.55. The van der Waals surface area contributed by atoms with Crippen LogP contribution in [0, 0.1) is 11.3 Å². The second kappa shape index (κ2) is 8.94. The highest BCUT2D eigenvalue weighted by molar-refractivity contribution is 7.14. The van der Waals surface area contributed by atoms with Crippen LogP contribution in [0.15, 0.2) is 66.0 Å². The van der Waals surface area contributed by atoms with E-state index in [0.29, 0.717) is 5.92 Å². The third-order valence-corrected chi connectivity index (χ3v) is 9.29. The Labute approximate surface area is 189 Å². The van der Waals surface area contributed by atoms with Crippen LogP contribution in [0.2, 0.25) is 0 Å². The monoisotopic (exact) mass is 452 g/mol. The van der Waals surface area contributed by atoms with E-state index in [4.69, 9.17) is 4.43 Å². The van der Waals surface area contributed by atoms with Crippen molar-refractivity contribution in [2.45, 2.75) is 33.4 Å². The van der Waals surface area contributed by atoms with Crippen LogP contribution in [0.25, 0.3) is 0 Å². The zero-order chi connectivity index (χ0) is 22.0. The minimum absolute atomic E-state index is 0.0542. The summed E-state index contributed by atoms with van der Waals surface area (Å²) >= 11 is 1.38. The van der Waals surface area contributed by atoms with Gasteiger partial charge in [0.05, 0.1) is 0 Å². The second-order valence-electron chi connectivity index (χ2n) is 9.00. The molecule has 162 valence electrons. The molecule has 1 fully saturated rings. The number of hydrogen-bond donors (Lipinski definition) is 1. The molecule has 1 N–H and O–H groups in total. The van der Waals surface area contributed by atoms with Gasteiger partial charge in [-0.2, -0.15) is 0 Å². The third-order valence-electron chi connectivity index (χ3n) is 5.88. The second-order valence-corrected chi connectivity index (χ2v) is 12.2. The first kappa shape index (κ1) is 21.7. The molecule has 1 unspecified atom stereocenters. The van der Waals surface area contributed by atoms with Crippen LogP contribution >= 0.6 is 11.3 Å². The summed E-state index contributed by atoms with van der Waals surface area (Å²) in [7, 11) is -1.97. The first-order valence-electron chi connectivity index (χ1n) is 10.6. The van der Waals surface area contributed by atoms with Crippen molar-refractivity contribution in [3.63, 3.8) is 0 Å². The molecule has 7 heteroatoms. The van der Waals surface area contributed by atoms with Crippen LogP contribution in [-0.2, 0) is 4.43 Å². The van der Waals surface area contributed by atoms with Gasteiger partial charge in [0, 0.05) is 17.8 Å². The Hall–Kier alpha value is -2.48. The lowest BCUT2D eigenvalue weighted by molar-refractivity contribution is 0.0690. The van der Waals surface area contributed by atoms with Crippen LogP contribution in [0.3, 0.4) is 0 Å². The number of carbonyl (C=O) groups is 1. The van der Waals surface area contributed by atoms with Crippen LogP contribution in [-0.4, -0.2) is 37.9 Å². The Kier molecular flexibility index (Phi) is 6.27. The van der Waals surface area contributed by atoms with Gasteiger partial charge in [0.2, 0.25) is 9.04 Å². The van der Waals surface area contributed by atoms with Gasteiger partial charge in [-0.3, -0.25) is 0 Å². The maximum Gasteiger partial charge on any atom is 0.355 e. The van der Waals surface area contributed by atoms with E-state index < -0.39 is 15.0 Å². The number of nitrogens with zero attached hydrogens (tertiary/aromatic N) is 2. The first-order chi connectivity index (χ1) is 14.8. The van der Waals surface area contributed by atoms with Gasteiger partial charge in [0.25, 0.3) is 0 Å². The smallest absolute Gasteiger partial charge is 0.355 e. The summed E-state index contributed by atoms with van der Waals surface area (Å²) in [4.78, 5) is 18.0. The minimum Gasteiger partial charge on any atom is -0.476 e. The van der Waals surface area contributed by atoms with E-state index in [1.54, 1.807) is 5.38 Å². The summed E-state index contributed by atoms with van der Waals surface area (Å²) in [5.74, 6) is -0.681. The van der Waals surface area contributed by atoms with Crippen LogP contribution in [0.5, 0.6) is 0 Å². The predicted octanol–water partition coefficient (Wildman–Crippen LogP) is 3.59. The van der Waals surface area contributed by atoms with E-state index in [1.807, 2.05) is 12.1 Å². The molecule has 3 aromatic rings. The summed E-state index contributed by atoms with van der Waals surface area (Å²) in [5.41, 5.74) is 0.149. The van der Waals surface area contributed by atoms with E-state index in [2.05, 4.69) is 79.2 Å². The average molecular weight is 453 g/mol. The number of benzene rings is 2. The maximum atomic E-state index is 11.4. The van der Waals surface area contributed by atoms with Gasteiger partial charge in [0.15, 0.2) is 10.8 Å². The van der Waals surface area contributed by atoms with Crippen molar-refractivity contribution in [2.24, 2.45) is 11.3 Å².